The number of carbonyl (C=O) groups excluding carboxylic acids is 3. The van der Waals surface area contributed by atoms with Gasteiger partial charge < -0.3 is 20.3 Å². The van der Waals surface area contributed by atoms with Crippen LogP contribution in [0.4, 0.5) is 10.8 Å². The number of carbonyl (C=O) groups is 3. The first-order valence-corrected chi connectivity index (χ1v) is 11.3. The molecule has 0 aliphatic carbocycles. The van der Waals surface area contributed by atoms with Gasteiger partial charge in [-0.05, 0) is 18.6 Å². The van der Waals surface area contributed by atoms with Crippen LogP contribution in [0.15, 0.2) is 28.6 Å². The lowest BCUT2D eigenvalue weighted by Gasteiger charge is -2.19. The predicted octanol–water partition coefficient (Wildman–Crippen LogP) is 2.16. The molecule has 1 aliphatic rings. The zero-order valence-electron chi connectivity index (χ0n) is 16.7. The molecule has 2 aromatic rings. The number of ether oxygens (including phenoxy) is 1. The highest BCUT2D eigenvalue weighted by Crippen LogP contribution is 2.33. The molecular formula is C19H23N5O4S2. The molecule has 9 nitrogen and oxygen atoms in total. The Morgan fingerprint density at radius 1 is 1.33 bits per heavy atom. The van der Waals surface area contributed by atoms with E-state index in [4.69, 9.17) is 4.74 Å². The summed E-state index contributed by atoms with van der Waals surface area (Å²) < 4.78 is 5.91. The van der Waals surface area contributed by atoms with E-state index in [1.807, 2.05) is 19.1 Å². The van der Waals surface area contributed by atoms with E-state index < -0.39 is 5.92 Å². The lowest BCUT2D eigenvalue weighted by atomic mass is 10.1. The van der Waals surface area contributed by atoms with Gasteiger partial charge in [0.2, 0.25) is 22.9 Å². The first-order chi connectivity index (χ1) is 14.5. The van der Waals surface area contributed by atoms with Crippen LogP contribution in [0.1, 0.15) is 19.8 Å². The average Bonchev–Trinajstić information content (AvgIpc) is 3.36. The Balaban J connectivity index is 1.55. The van der Waals surface area contributed by atoms with Crippen molar-refractivity contribution in [1.29, 1.82) is 0 Å². The van der Waals surface area contributed by atoms with Crippen LogP contribution in [-0.2, 0) is 14.4 Å². The first-order valence-electron chi connectivity index (χ1n) is 9.49. The quantitative estimate of drug-likeness (QED) is 0.445. The topological polar surface area (TPSA) is 114 Å². The number of hydrogen-bond acceptors (Lipinski definition) is 8. The van der Waals surface area contributed by atoms with Gasteiger partial charge in [-0.25, -0.2) is 0 Å². The molecule has 2 N–H and O–H groups in total. The van der Waals surface area contributed by atoms with Crippen molar-refractivity contribution in [3.05, 3.63) is 24.3 Å². The van der Waals surface area contributed by atoms with E-state index in [0.29, 0.717) is 27.5 Å². The summed E-state index contributed by atoms with van der Waals surface area (Å²) in [6, 6.07) is 7.22. The lowest BCUT2D eigenvalue weighted by molar-refractivity contribution is -0.122. The molecule has 0 saturated carbocycles. The number of hydrogen-bond donors (Lipinski definition) is 2. The molecule has 0 bridgehead atoms. The number of anilines is 2. The number of amides is 3. The molecule has 1 aliphatic heterocycles. The minimum absolute atomic E-state index is 0.0662. The number of nitrogens with one attached hydrogen (secondary N) is 2. The summed E-state index contributed by atoms with van der Waals surface area (Å²) >= 11 is 2.47. The molecule has 1 aromatic heterocycles. The Kier molecular flexibility index (Phi) is 7.63. The number of nitrogens with zero attached hydrogens (tertiary/aromatic N) is 3. The Morgan fingerprint density at radius 3 is 2.90 bits per heavy atom. The maximum atomic E-state index is 12.6. The van der Waals surface area contributed by atoms with Crippen molar-refractivity contribution < 1.29 is 19.1 Å². The summed E-state index contributed by atoms with van der Waals surface area (Å²) in [5.74, 6) is -0.153. The number of methoxy groups -OCH3 is 1. The Labute approximate surface area is 182 Å². The van der Waals surface area contributed by atoms with Crippen molar-refractivity contribution in [2.75, 3.05) is 36.2 Å². The minimum atomic E-state index is -0.498. The van der Waals surface area contributed by atoms with E-state index in [-0.39, 0.29) is 36.4 Å². The highest BCUT2D eigenvalue weighted by molar-refractivity contribution is 8.01. The van der Waals surface area contributed by atoms with Crippen LogP contribution in [0, 0.1) is 5.92 Å². The summed E-state index contributed by atoms with van der Waals surface area (Å²) in [6.45, 7) is 2.90. The fraction of sp³-hybridized carbons (Fsp3) is 0.421. The van der Waals surface area contributed by atoms with Crippen LogP contribution in [0.5, 0.6) is 5.75 Å². The highest BCUT2D eigenvalue weighted by atomic mass is 32.2. The van der Waals surface area contributed by atoms with Crippen LogP contribution < -0.4 is 20.3 Å². The number of thioether (sulfide) groups is 1. The number of benzene rings is 1. The Bertz CT molecular complexity index is 920. The van der Waals surface area contributed by atoms with Crippen molar-refractivity contribution in [2.24, 2.45) is 5.92 Å². The number of aromatic nitrogens is 2. The van der Waals surface area contributed by atoms with Gasteiger partial charge in [0.05, 0.1) is 24.5 Å². The molecule has 1 saturated heterocycles. The molecule has 0 radical (unpaired) electrons. The van der Waals surface area contributed by atoms with E-state index in [1.165, 1.54) is 23.1 Å². The molecule has 0 spiro atoms. The van der Waals surface area contributed by atoms with Gasteiger partial charge in [0.15, 0.2) is 4.34 Å². The molecule has 2 heterocycles. The van der Waals surface area contributed by atoms with Crippen LogP contribution in [0.25, 0.3) is 0 Å². The highest BCUT2D eigenvalue weighted by Gasteiger charge is 2.36. The summed E-state index contributed by atoms with van der Waals surface area (Å²) in [6.07, 6.45) is 0.992. The zero-order chi connectivity index (χ0) is 21.5. The van der Waals surface area contributed by atoms with E-state index in [2.05, 4.69) is 20.8 Å². The molecule has 11 heteroatoms. The SMILES string of the molecule is CCCNC(=O)CSc1nnc(NC(=O)[C@@H]2CC(=O)N(c3ccccc3OC)C2)s1. The molecule has 3 amide bonds. The van der Waals surface area contributed by atoms with Gasteiger partial charge in [-0.15, -0.1) is 10.2 Å². The van der Waals surface area contributed by atoms with Gasteiger partial charge in [-0.2, -0.15) is 0 Å². The van der Waals surface area contributed by atoms with Crippen molar-refractivity contribution in [2.45, 2.75) is 24.1 Å². The summed E-state index contributed by atoms with van der Waals surface area (Å²) in [7, 11) is 1.54. The second-order valence-corrected chi connectivity index (χ2v) is 8.78. The fourth-order valence-corrected chi connectivity index (χ4v) is 4.52. The fourth-order valence-electron chi connectivity index (χ4n) is 2.94. The van der Waals surface area contributed by atoms with E-state index >= 15 is 0 Å². The van der Waals surface area contributed by atoms with Crippen LogP contribution >= 0.6 is 23.1 Å². The van der Waals surface area contributed by atoms with E-state index in [1.54, 1.807) is 24.1 Å². The normalized spacial score (nSPS) is 15.9. The Morgan fingerprint density at radius 2 is 2.13 bits per heavy atom. The second-order valence-electron chi connectivity index (χ2n) is 6.58. The van der Waals surface area contributed by atoms with Crippen molar-refractivity contribution in [3.63, 3.8) is 0 Å². The smallest absolute Gasteiger partial charge is 0.231 e. The summed E-state index contributed by atoms with van der Waals surface area (Å²) in [4.78, 5) is 38.3. The largest absolute Gasteiger partial charge is 0.495 e. The maximum absolute atomic E-state index is 12.6. The van der Waals surface area contributed by atoms with Gasteiger partial charge in [0.25, 0.3) is 0 Å². The minimum Gasteiger partial charge on any atom is -0.495 e. The number of para-hydroxylation sites is 2. The average molecular weight is 450 g/mol. The molecule has 160 valence electrons. The molecule has 1 atom stereocenters. The third-order valence-electron chi connectivity index (χ3n) is 4.41. The number of rotatable bonds is 9. The summed E-state index contributed by atoms with van der Waals surface area (Å²) in [5, 5.41) is 13.8. The van der Waals surface area contributed by atoms with Gasteiger partial charge in [-0.3, -0.25) is 14.4 Å². The van der Waals surface area contributed by atoms with E-state index in [9.17, 15) is 14.4 Å². The van der Waals surface area contributed by atoms with Crippen LogP contribution in [0.3, 0.4) is 0 Å². The van der Waals surface area contributed by atoms with Gasteiger partial charge in [-0.1, -0.05) is 42.2 Å². The maximum Gasteiger partial charge on any atom is 0.231 e. The predicted molar refractivity (Wildman–Crippen MR) is 116 cm³/mol. The van der Waals surface area contributed by atoms with Crippen molar-refractivity contribution in [3.8, 4) is 5.75 Å². The Hall–Kier alpha value is -2.66. The molecule has 0 unspecified atom stereocenters. The van der Waals surface area contributed by atoms with Crippen molar-refractivity contribution >= 4 is 51.6 Å². The van der Waals surface area contributed by atoms with Crippen LogP contribution in [0.2, 0.25) is 0 Å². The standard InChI is InChI=1S/C19H23N5O4S2/c1-3-8-20-15(25)11-29-19-23-22-18(30-19)21-17(27)12-9-16(26)24(10-12)13-6-4-5-7-14(13)28-2/h4-7,12H,3,8-11H2,1-2H3,(H,20,25)(H,21,22,27)/t12-/m1/s1. The molecule has 30 heavy (non-hydrogen) atoms. The molecule has 1 fully saturated rings. The third kappa shape index (κ3) is 5.48. The van der Waals surface area contributed by atoms with E-state index in [0.717, 1.165) is 6.42 Å². The summed E-state index contributed by atoms with van der Waals surface area (Å²) in [5.41, 5.74) is 0.649. The van der Waals surface area contributed by atoms with Gasteiger partial charge in [0, 0.05) is 19.5 Å². The third-order valence-corrected chi connectivity index (χ3v) is 6.38. The van der Waals surface area contributed by atoms with Crippen molar-refractivity contribution in [1.82, 2.24) is 15.5 Å². The molecular weight excluding hydrogens is 426 g/mol. The van der Waals surface area contributed by atoms with Crippen LogP contribution in [-0.4, -0.2) is 53.9 Å². The first kappa shape index (κ1) is 22.0. The zero-order valence-corrected chi connectivity index (χ0v) is 18.3. The molecule has 3 rings (SSSR count). The lowest BCUT2D eigenvalue weighted by Crippen LogP contribution is -2.28. The van der Waals surface area contributed by atoms with Gasteiger partial charge >= 0.3 is 0 Å². The second kappa shape index (κ2) is 10.4. The van der Waals surface area contributed by atoms with Gasteiger partial charge in [0.1, 0.15) is 5.75 Å². The monoisotopic (exact) mass is 449 g/mol. The molecule has 1 aromatic carbocycles.